The number of nitrogens with one attached hydrogen (secondary N) is 2. The normalized spacial score (nSPS) is 10.9. The molecular formula is C17H14N6O3. The highest BCUT2D eigenvalue weighted by molar-refractivity contribution is 5.73. The zero-order valence-corrected chi connectivity index (χ0v) is 13.5. The van der Waals surface area contributed by atoms with Crippen LogP contribution < -0.4 is 16.6 Å². The number of nitrogens with zero attached hydrogens (tertiary/aromatic N) is 4. The number of anilines is 1. The van der Waals surface area contributed by atoms with E-state index in [-0.39, 0.29) is 17.6 Å². The van der Waals surface area contributed by atoms with E-state index in [2.05, 4.69) is 25.3 Å². The summed E-state index contributed by atoms with van der Waals surface area (Å²) < 4.78 is 6.24. The lowest BCUT2D eigenvalue weighted by atomic mass is 10.3. The van der Waals surface area contributed by atoms with Gasteiger partial charge in [-0.3, -0.25) is 19.3 Å². The Morgan fingerprint density at radius 2 is 2.12 bits per heavy atom. The molecule has 4 rings (SSSR count). The van der Waals surface area contributed by atoms with Crippen molar-refractivity contribution in [3.63, 3.8) is 0 Å². The highest BCUT2D eigenvalue weighted by Crippen LogP contribution is 2.07. The van der Waals surface area contributed by atoms with E-state index < -0.39 is 11.2 Å². The number of furan rings is 1. The molecule has 26 heavy (non-hydrogen) atoms. The molecule has 0 amide bonds. The van der Waals surface area contributed by atoms with Crippen LogP contribution in [0.25, 0.3) is 11.0 Å². The minimum atomic E-state index is -0.559. The summed E-state index contributed by atoms with van der Waals surface area (Å²) >= 11 is 0. The van der Waals surface area contributed by atoms with Crippen LogP contribution in [0.2, 0.25) is 0 Å². The van der Waals surface area contributed by atoms with Gasteiger partial charge in [0.15, 0.2) is 5.65 Å². The quantitative estimate of drug-likeness (QED) is 0.554. The second-order valence-corrected chi connectivity index (χ2v) is 5.57. The lowest BCUT2D eigenvalue weighted by molar-refractivity contribution is 0.484. The van der Waals surface area contributed by atoms with Crippen LogP contribution in [0.15, 0.2) is 63.1 Å². The molecule has 4 heterocycles. The maximum absolute atomic E-state index is 12.6. The number of rotatable bonds is 5. The predicted molar refractivity (Wildman–Crippen MR) is 93.8 cm³/mol. The van der Waals surface area contributed by atoms with E-state index in [1.165, 1.54) is 12.5 Å². The molecule has 0 saturated carbocycles. The number of pyridine rings is 1. The first-order valence-corrected chi connectivity index (χ1v) is 7.86. The van der Waals surface area contributed by atoms with Gasteiger partial charge in [-0.2, -0.15) is 4.98 Å². The lowest BCUT2D eigenvalue weighted by Gasteiger charge is -2.07. The van der Waals surface area contributed by atoms with Crippen molar-refractivity contribution in [2.24, 2.45) is 0 Å². The number of hydrogen-bond acceptors (Lipinski definition) is 7. The fourth-order valence-electron chi connectivity index (χ4n) is 2.51. The van der Waals surface area contributed by atoms with Crippen molar-refractivity contribution >= 4 is 17.0 Å². The first-order valence-electron chi connectivity index (χ1n) is 7.86. The predicted octanol–water partition coefficient (Wildman–Crippen LogP) is 1.13. The Morgan fingerprint density at radius 1 is 1.19 bits per heavy atom. The van der Waals surface area contributed by atoms with E-state index in [1.54, 1.807) is 24.5 Å². The summed E-state index contributed by atoms with van der Waals surface area (Å²) in [6, 6.07) is 7.13. The average molecular weight is 350 g/mol. The molecule has 0 bridgehead atoms. The molecule has 0 radical (unpaired) electrons. The summed E-state index contributed by atoms with van der Waals surface area (Å²) in [5.41, 5.74) is 0.104. The number of hydrogen-bond donors (Lipinski definition) is 2. The molecule has 130 valence electrons. The van der Waals surface area contributed by atoms with Gasteiger partial charge in [0.2, 0.25) is 5.95 Å². The number of H-pyrrole nitrogens is 1. The van der Waals surface area contributed by atoms with Gasteiger partial charge in [0, 0.05) is 25.1 Å². The van der Waals surface area contributed by atoms with Crippen LogP contribution in [0.5, 0.6) is 0 Å². The smallest absolute Gasteiger partial charge is 0.330 e. The van der Waals surface area contributed by atoms with Gasteiger partial charge in [-0.1, -0.05) is 6.07 Å². The minimum Gasteiger partial charge on any atom is -0.467 e. The number of fused-ring (bicyclic) bond motifs is 1. The number of aromatic nitrogens is 5. The summed E-state index contributed by atoms with van der Waals surface area (Å²) in [5, 5.41) is 3.26. The largest absolute Gasteiger partial charge is 0.467 e. The molecule has 0 aliphatic rings. The molecule has 0 spiro atoms. The summed E-state index contributed by atoms with van der Waals surface area (Å²) in [6.45, 7) is 0.511. The summed E-state index contributed by atoms with van der Waals surface area (Å²) in [5.74, 6) is 0.813. The summed E-state index contributed by atoms with van der Waals surface area (Å²) in [6.07, 6.45) is 6.29. The van der Waals surface area contributed by atoms with Gasteiger partial charge in [-0.15, -0.1) is 0 Å². The zero-order chi connectivity index (χ0) is 17.9. The van der Waals surface area contributed by atoms with Gasteiger partial charge in [0.25, 0.3) is 5.56 Å². The van der Waals surface area contributed by atoms with Gasteiger partial charge in [-0.05, 0) is 23.8 Å². The topological polar surface area (TPSA) is 119 Å². The maximum Gasteiger partial charge on any atom is 0.330 e. The first kappa shape index (κ1) is 15.8. The first-order chi connectivity index (χ1) is 12.7. The second-order valence-electron chi connectivity index (χ2n) is 5.57. The van der Waals surface area contributed by atoms with E-state index in [0.29, 0.717) is 18.3 Å². The van der Waals surface area contributed by atoms with Crippen molar-refractivity contribution < 1.29 is 4.42 Å². The van der Waals surface area contributed by atoms with Crippen molar-refractivity contribution in [1.29, 1.82) is 0 Å². The third-order valence-corrected chi connectivity index (χ3v) is 3.80. The Balaban J connectivity index is 1.64. The molecule has 0 atom stereocenters. The van der Waals surface area contributed by atoms with Crippen molar-refractivity contribution in [3.05, 3.63) is 81.3 Å². The minimum absolute atomic E-state index is 0.0398. The third kappa shape index (κ3) is 3.09. The van der Waals surface area contributed by atoms with Crippen LogP contribution in [0.3, 0.4) is 0 Å². The van der Waals surface area contributed by atoms with E-state index in [1.807, 2.05) is 12.1 Å². The maximum atomic E-state index is 12.6. The van der Waals surface area contributed by atoms with Gasteiger partial charge in [0.1, 0.15) is 11.1 Å². The van der Waals surface area contributed by atoms with Gasteiger partial charge in [0.05, 0.1) is 12.8 Å². The van der Waals surface area contributed by atoms with Crippen LogP contribution in [-0.2, 0) is 13.1 Å². The van der Waals surface area contributed by atoms with E-state index in [0.717, 1.165) is 10.1 Å². The molecule has 9 nitrogen and oxygen atoms in total. The monoisotopic (exact) mass is 350 g/mol. The standard InChI is InChI=1S/C17H14N6O3/c24-15-13-9-20-16(19-8-11-3-1-5-18-7-11)21-14(13)22-17(25)23(15)10-12-4-2-6-26-12/h1-7,9H,8,10H2,(H2,19,20,21,22,25). The van der Waals surface area contributed by atoms with Gasteiger partial charge in [-0.25, -0.2) is 9.78 Å². The van der Waals surface area contributed by atoms with Crippen molar-refractivity contribution in [2.75, 3.05) is 5.32 Å². The fourth-order valence-corrected chi connectivity index (χ4v) is 2.51. The lowest BCUT2D eigenvalue weighted by Crippen LogP contribution is -2.35. The SMILES string of the molecule is O=c1[nH]c2nc(NCc3cccnc3)ncc2c(=O)n1Cc1ccco1. The van der Waals surface area contributed by atoms with E-state index in [9.17, 15) is 9.59 Å². The zero-order valence-electron chi connectivity index (χ0n) is 13.5. The Bertz CT molecular complexity index is 1150. The molecule has 0 aliphatic carbocycles. The van der Waals surface area contributed by atoms with Crippen molar-refractivity contribution in [2.45, 2.75) is 13.1 Å². The second kappa shape index (κ2) is 6.63. The Hall–Kier alpha value is -3.75. The molecule has 9 heteroatoms. The molecule has 0 aromatic carbocycles. The van der Waals surface area contributed by atoms with Crippen LogP contribution in [0.4, 0.5) is 5.95 Å². The van der Waals surface area contributed by atoms with Crippen LogP contribution in [0.1, 0.15) is 11.3 Å². The van der Waals surface area contributed by atoms with E-state index >= 15 is 0 Å². The van der Waals surface area contributed by atoms with Crippen LogP contribution >= 0.6 is 0 Å². The summed E-state index contributed by atoms with van der Waals surface area (Å²) in [4.78, 5) is 39.8. The third-order valence-electron chi connectivity index (χ3n) is 3.80. The molecule has 0 aliphatic heterocycles. The molecule has 4 aromatic rings. The Labute approximate surface area is 146 Å². The molecule has 0 fully saturated rings. The fraction of sp³-hybridized carbons (Fsp3) is 0.118. The Morgan fingerprint density at radius 3 is 2.88 bits per heavy atom. The molecular weight excluding hydrogens is 336 g/mol. The Kier molecular flexibility index (Phi) is 4.02. The average Bonchev–Trinajstić information content (AvgIpc) is 3.17. The molecule has 4 aromatic heterocycles. The summed E-state index contributed by atoms with van der Waals surface area (Å²) in [7, 11) is 0. The van der Waals surface area contributed by atoms with Gasteiger partial charge >= 0.3 is 5.69 Å². The molecule has 2 N–H and O–H groups in total. The van der Waals surface area contributed by atoms with Crippen molar-refractivity contribution in [3.8, 4) is 0 Å². The number of aromatic amines is 1. The highest BCUT2D eigenvalue weighted by Gasteiger charge is 2.11. The van der Waals surface area contributed by atoms with Gasteiger partial charge < -0.3 is 9.73 Å². The van der Waals surface area contributed by atoms with E-state index in [4.69, 9.17) is 4.42 Å². The van der Waals surface area contributed by atoms with Crippen molar-refractivity contribution in [1.82, 2.24) is 24.5 Å². The van der Waals surface area contributed by atoms with Crippen LogP contribution in [0, 0.1) is 0 Å². The van der Waals surface area contributed by atoms with Crippen LogP contribution in [-0.4, -0.2) is 24.5 Å². The molecule has 0 unspecified atom stereocenters. The highest BCUT2D eigenvalue weighted by atomic mass is 16.3. The molecule has 0 saturated heterocycles.